The summed E-state index contributed by atoms with van der Waals surface area (Å²) in [5.74, 6) is 0.129. The SMILES string of the molecule is CC1CN(Cc2cccc(C(=N)N)c2)CCCO1. The lowest BCUT2D eigenvalue weighted by Gasteiger charge is -2.21. The number of rotatable bonds is 3. The maximum Gasteiger partial charge on any atom is 0.122 e. The molecule has 1 saturated heterocycles. The van der Waals surface area contributed by atoms with Gasteiger partial charge in [-0.25, -0.2) is 0 Å². The predicted octanol–water partition coefficient (Wildman–Crippen LogP) is 1.58. The van der Waals surface area contributed by atoms with Gasteiger partial charge in [0.1, 0.15) is 5.84 Å². The van der Waals surface area contributed by atoms with Crippen molar-refractivity contribution in [2.45, 2.75) is 26.0 Å². The Labute approximate surface area is 108 Å². The Balaban J connectivity index is 2.03. The Morgan fingerprint density at radius 3 is 3.17 bits per heavy atom. The molecule has 18 heavy (non-hydrogen) atoms. The minimum absolute atomic E-state index is 0.129. The van der Waals surface area contributed by atoms with Crippen molar-refractivity contribution in [1.29, 1.82) is 5.41 Å². The van der Waals surface area contributed by atoms with Crippen LogP contribution < -0.4 is 5.73 Å². The van der Waals surface area contributed by atoms with E-state index in [9.17, 15) is 0 Å². The fraction of sp³-hybridized carbons (Fsp3) is 0.500. The van der Waals surface area contributed by atoms with Crippen molar-refractivity contribution in [2.75, 3.05) is 19.7 Å². The van der Waals surface area contributed by atoms with Crippen LogP contribution in [0.15, 0.2) is 24.3 Å². The van der Waals surface area contributed by atoms with E-state index in [4.69, 9.17) is 15.9 Å². The maximum atomic E-state index is 7.46. The number of nitrogens with zero attached hydrogens (tertiary/aromatic N) is 1. The number of hydrogen-bond acceptors (Lipinski definition) is 3. The van der Waals surface area contributed by atoms with Crippen LogP contribution in [0, 0.1) is 5.41 Å². The highest BCUT2D eigenvalue weighted by Gasteiger charge is 2.15. The predicted molar refractivity (Wildman–Crippen MR) is 72.8 cm³/mol. The minimum atomic E-state index is 0.129. The molecule has 4 heteroatoms. The van der Waals surface area contributed by atoms with E-state index in [-0.39, 0.29) is 5.84 Å². The highest BCUT2D eigenvalue weighted by molar-refractivity contribution is 5.95. The maximum absolute atomic E-state index is 7.46. The van der Waals surface area contributed by atoms with Crippen molar-refractivity contribution in [3.05, 3.63) is 35.4 Å². The van der Waals surface area contributed by atoms with Gasteiger partial charge in [-0.3, -0.25) is 10.3 Å². The topological polar surface area (TPSA) is 62.3 Å². The molecule has 0 aromatic heterocycles. The van der Waals surface area contributed by atoms with Gasteiger partial charge in [0.2, 0.25) is 0 Å². The second kappa shape index (κ2) is 5.98. The molecule has 0 spiro atoms. The molecule has 0 aliphatic carbocycles. The van der Waals surface area contributed by atoms with Crippen LogP contribution in [-0.2, 0) is 11.3 Å². The second-order valence-electron chi connectivity index (χ2n) is 4.88. The average Bonchev–Trinajstić information content (AvgIpc) is 2.54. The molecule has 1 unspecified atom stereocenters. The third-order valence-corrected chi connectivity index (χ3v) is 3.18. The summed E-state index contributed by atoms with van der Waals surface area (Å²) in [4.78, 5) is 2.40. The molecule has 4 nitrogen and oxygen atoms in total. The van der Waals surface area contributed by atoms with E-state index in [0.717, 1.165) is 38.2 Å². The first-order valence-electron chi connectivity index (χ1n) is 6.42. The van der Waals surface area contributed by atoms with E-state index in [2.05, 4.69) is 17.9 Å². The lowest BCUT2D eigenvalue weighted by Crippen LogP contribution is -2.29. The molecule has 1 aromatic rings. The molecule has 2 rings (SSSR count). The molecule has 0 bridgehead atoms. The summed E-state index contributed by atoms with van der Waals surface area (Å²) >= 11 is 0. The van der Waals surface area contributed by atoms with Gasteiger partial charge in [-0.05, 0) is 25.0 Å². The molecule has 0 amide bonds. The van der Waals surface area contributed by atoms with E-state index < -0.39 is 0 Å². The van der Waals surface area contributed by atoms with E-state index in [0.29, 0.717) is 6.10 Å². The molecular weight excluding hydrogens is 226 g/mol. The van der Waals surface area contributed by atoms with Crippen LogP contribution in [0.3, 0.4) is 0 Å². The molecule has 1 heterocycles. The van der Waals surface area contributed by atoms with Crippen LogP contribution in [0.4, 0.5) is 0 Å². The monoisotopic (exact) mass is 247 g/mol. The number of nitrogens with one attached hydrogen (secondary N) is 1. The number of benzene rings is 1. The fourth-order valence-corrected chi connectivity index (χ4v) is 2.32. The zero-order valence-corrected chi connectivity index (χ0v) is 10.9. The highest BCUT2D eigenvalue weighted by atomic mass is 16.5. The van der Waals surface area contributed by atoms with Crippen molar-refractivity contribution < 1.29 is 4.74 Å². The van der Waals surface area contributed by atoms with Gasteiger partial charge in [0.25, 0.3) is 0 Å². The van der Waals surface area contributed by atoms with Crippen molar-refractivity contribution in [3.63, 3.8) is 0 Å². The molecule has 3 N–H and O–H groups in total. The quantitative estimate of drug-likeness (QED) is 0.629. The van der Waals surface area contributed by atoms with Crippen LogP contribution in [0.1, 0.15) is 24.5 Å². The molecule has 98 valence electrons. The van der Waals surface area contributed by atoms with Crippen molar-refractivity contribution in [3.8, 4) is 0 Å². The van der Waals surface area contributed by atoms with Gasteiger partial charge in [-0.15, -0.1) is 0 Å². The number of hydrogen-bond donors (Lipinski definition) is 2. The standard InChI is InChI=1S/C14H21N3O/c1-11-9-17(6-3-7-18-11)10-12-4-2-5-13(8-12)14(15)16/h2,4-5,8,11H,3,6-7,9-10H2,1H3,(H3,15,16). The van der Waals surface area contributed by atoms with Gasteiger partial charge in [0, 0.05) is 31.8 Å². The first kappa shape index (κ1) is 13.1. The Hall–Kier alpha value is -1.39. The van der Waals surface area contributed by atoms with E-state index in [1.54, 1.807) is 0 Å². The molecule has 1 aliphatic rings. The minimum Gasteiger partial charge on any atom is -0.384 e. The average molecular weight is 247 g/mol. The number of nitrogens with two attached hydrogens (primary N) is 1. The largest absolute Gasteiger partial charge is 0.384 e. The van der Waals surface area contributed by atoms with Gasteiger partial charge in [-0.1, -0.05) is 18.2 Å². The third kappa shape index (κ3) is 3.55. The summed E-state index contributed by atoms with van der Waals surface area (Å²) in [6, 6.07) is 7.92. The molecule has 1 fully saturated rings. The highest BCUT2D eigenvalue weighted by Crippen LogP contribution is 2.12. The lowest BCUT2D eigenvalue weighted by molar-refractivity contribution is 0.0668. The van der Waals surface area contributed by atoms with Crippen molar-refractivity contribution in [2.24, 2.45) is 5.73 Å². The van der Waals surface area contributed by atoms with Gasteiger partial charge < -0.3 is 10.5 Å². The zero-order chi connectivity index (χ0) is 13.0. The molecular formula is C14H21N3O. The molecule has 0 radical (unpaired) electrons. The summed E-state index contributed by atoms with van der Waals surface area (Å²) in [6.07, 6.45) is 1.37. The van der Waals surface area contributed by atoms with Crippen LogP contribution in [-0.4, -0.2) is 36.5 Å². The Kier molecular flexibility index (Phi) is 4.33. The van der Waals surface area contributed by atoms with Gasteiger partial charge in [0.15, 0.2) is 0 Å². The van der Waals surface area contributed by atoms with Gasteiger partial charge in [0.05, 0.1) is 6.10 Å². The third-order valence-electron chi connectivity index (χ3n) is 3.18. The summed E-state index contributed by atoms with van der Waals surface area (Å²) in [7, 11) is 0. The molecule has 0 saturated carbocycles. The zero-order valence-electron chi connectivity index (χ0n) is 10.9. The van der Waals surface area contributed by atoms with Gasteiger partial charge in [-0.2, -0.15) is 0 Å². The first-order chi connectivity index (χ1) is 8.65. The van der Waals surface area contributed by atoms with Crippen molar-refractivity contribution in [1.82, 2.24) is 4.90 Å². The first-order valence-corrected chi connectivity index (χ1v) is 6.42. The van der Waals surface area contributed by atoms with Crippen LogP contribution >= 0.6 is 0 Å². The fourth-order valence-electron chi connectivity index (χ4n) is 2.32. The van der Waals surface area contributed by atoms with Crippen LogP contribution in [0.2, 0.25) is 0 Å². The second-order valence-corrected chi connectivity index (χ2v) is 4.88. The number of ether oxygens (including phenoxy) is 1. The van der Waals surface area contributed by atoms with Gasteiger partial charge >= 0.3 is 0 Å². The lowest BCUT2D eigenvalue weighted by atomic mass is 10.1. The molecule has 1 aromatic carbocycles. The summed E-state index contributed by atoms with van der Waals surface area (Å²) in [5.41, 5.74) is 7.52. The summed E-state index contributed by atoms with van der Waals surface area (Å²) in [6.45, 7) is 5.89. The number of amidine groups is 1. The van der Waals surface area contributed by atoms with Crippen molar-refractivity contribution >= 4 is 5.84 Å². The van der Waals surface area contributed by atoms with E-state index in [1.807, 2.05) is 18.2 Å². The summed E-state index contributed by atoms with van der Waals surface area (Å²) < 4.78 is 5.64. The Bertz CT molecular complexity index is 419. The Morgan fingerprint density at radius 2 is 2.39 bits per heavy atom. The smallest absolute Gasteiger partial charge is 0.122 e. The van der Waals surface area contributed by atoms with Crippen LogP contribution in [0.25, 0.3) is 0 Å². The van der Waals surface area contributed by atoms with E-state index in [1.165, 1.54) is 5.56 Å². The molecule has 1 aliphatic heterocycles. The molecule has 1 atom stereocenters. The number of nitrogen functional groups attached to an aromatic ring is 1. The summed E-state index contributed by atoms with van der Waals surface area (Å²) in [5, 5.41) is 7.46. The normalized spacial score (nSPS) is 21.5. The van der Waals surface area contributed by atoms with Crippen LogP contribution in [0.5, 0.6) is 0 Å². The van der Waals surface area contributed by atoms with E-state index >= 15 is 0 Å². The Morgan fingerprint density at radius 1 is 1.56 bits per heavy atom.